The van der Waals surface area contributed by atoms with Gasteiger partial charge in [0.1, 0.15) is 5.75 Å². The highest BCUT2D eigenvalue weighted by Gasteiger charge is 2.18. The van der Waals surface area contributed by atoms with Gasteiger partial charge >= 0.3 is 0 Å². The van der Waals surface area contributed by atoms with E-state index in [0.717, 1.165) is 5.75 Å². The van der Waals surface area contributed by atoms with Crippen molar-refractivity contribution in [3.05, 3.63) is 27.3 Å². The monoisotopic (exact) mass is 316 g/mol. The molecular formula is C13H17IO. The highest BCUT2D eigenvalue weighted by Crippen LogP contribution is 2.30. The summed E-state index contributed by atoms with van der Waals surface area (Å²) in [5.74, 6) is 1.11. The van der Waals surface area contributed by atoms with E-state index in [9.17, 15) is 0 Å². The van der Waals surface area contributed by atoms with E-state index in [4.69, 9.17) is 4.74 Å². The maximum absolute atomic E-state index is 5.99. The molecule has 0 saturated heterocycles. The molecule has 1 nitrogen and oxygen atoms in total. The Hall–Kier alpha value is -0.250. The fourth-order valence-electron chi connectivity index (χ4n) is 2.05. The van der Waals surface area contributed by atoms with Crippen LogP contribution in [-0.2, 0) is 6.42 Å². The highest BCUT2D eigenvalue weighted by molar-refractivity contribution is 14.1. The number of benzene rings is 1. The molecule has 82 valence electrons. The Kier molecular flexibility index (Phi) is 3.89. The second-order valence-corrected chi connectivity index (χ2v) is 5.42. The van der Waals surface area contributed by atoms with Crippen LogP contribution in [0.1, 0.15) is 38.2 Å². The molecule has 1 aromatic rings. The number of unbranched alkanes of at least 4 members (excludes halogenated alkanes) is 1. The van der Waals surface area contributed by atoms with Crippen molar-refractivity contribution >= 4 is 22.6 Å². The zero-order valence-corrected chi connectivity index (χ0v) is 11.3. The summed E-state index contributed by atoms with van der Waals surface area (Å²) in [7, 11) is 0. The van der Waals surface area contributed by atoms with Gasteiger partial charge in [-0.05, 0) is 65.6 Å². The van der Waals surface area contributed by atoms with E-state index in [1.54, 1.807) is 0 Å². The van der Waals surface area contributed by atoms with E-state index in [1.165, 1.54) is 41.2 Å². The van der Waals surface area contributed by atoms with Crippen molar-refractivity contribution in [1.29, 1.82) is 0 Å². The van der Waals surface area contributed by atoms with E-state index in [2.05, 4.69) is 47.7 Å². The lowest BCUT2D eigenvalue weighted by atomic mass is 9.99. The molecule has 1 unspecified atom stereocenters. The fourth-order valence-corrected chi connectivity index (χ4v) is 2.60. The molecule has 2 rings (SSSR count). The standard InChI is InChI=1S/C13H17IO/c1-2-3-4-12-7-5-10-9-11(14)6-8-13(10)15-12/h6,8-9,12H,2-5,7H2,1H3. The molecule has 15 heavy (non-hydrogen) atoms. The molecule has 0 amide bonds. The quantitative estimate of drug-likeness (QED) is 0.760. The van der Waals surface area contributed by atoms with Crippen LogP contribution in [0, 0.1) is 3.57 Å². The number of fused-ring (bicyclic) bond motifs is 1. The molecule has 0 aliphatic carbocycles. The predicted octanol–water partition coefficient (Wildman–Crippen LogP) is 4.18. The zero-order valence-electron chi connectivity index (χ0n) is 9.13. The van der Waals surface area contributed by atoms with Gasteiger partial charge in [0.25, 0.3) is 0 Å². The fraction of sp³-hybridized carbons (Fsp3) is 0.538. The molecule has 2 heteroatoms. The summed E-state index contributed by atoms with van der Waals surface area (Å²) in [6.07, 6.45) is 6.58. The van der Waals surface area contributed by atoms with Crippen LogP contribution in [0.2, 0.25) is 0 Å². The molecule has 0 fully saturated rings. The third-order valence-electron chi connectivity index (χ3n) is 2.93. The van der Waals surface area contributed by atoms with Gasteiger partial charge in [-0.25, -0.2) is 0 Å². The molecule has 1 atom stereocenters. The first kappa shape index (κ1) is 11.2. The Balaban J connectivity index is 2.03. The van der Waals surface area contributed by atoms with E-state index in [0.29, 0.717) is 6.10 Å². The number of hydrogen-bond donors (Lipinski definition) is 0. The molecule has 1 aliphatic rings. The highest BCUT2D eigenvalue weighted by atomic mass is 127. The Morgan fingerprint density at radius 3 is 3.13 bits per heavy atom. The molecule has 0 spiro atoms. The van der Waals surface area contributed by atoms with Crippen molar-refractivity contribution in [2.24, 2.45) is 0 Å². The minimum absolute atomic E-state index is 0.456. The summed E-state index contributed by atoms with van der Waals surface area (Å²) in [5.41, 5.74) is 1.38. The Morgan fingerprint density at radius 1 is 1.47 bits per heavy atom. The van der Waals surface area contributed by atoms with E-state index in [-0.39, 0.29) is 0 Å². The first-order valence-electron chi connectivity index (χ1n) is 5.74. The average Bonchev–Trinajstić information content (AvgIpc) is 2.26. The van der Waals surface area contributed by atoms with Gasteiger partial charge in [0.2, 0.25) is 0 Å². The summed E-state index contributed by atoms with van der Waals surface area (Å²) >= 11 is 2.36. The predicted molar refractivity (Wildman–Crippen MR) is 71.4 cm³/mol. The molecule has 1 heterocycles. The second kappa shape index (κ2) is 5.19. The minimum atomic E-state index is 0.456. The molecule has 0 aromatic heterocycles. The van der Waals surface area contributed by atoms with Crippen LogP contribution in [0.4, 0.5) is 0 Å². The third-order valence-corrected chi connectivity index (χ3v) is 3.60. The number of rotatable bonds is 3. The molecule has 0 radical (unpaired) electrons. The molecule has 0 bridgehead atoms. The third kappa shape index (κ3) is 2.86. The number of hydrogen-bond acceptors (Lipinski definition) is 1. The normalized spacial score (nSPS) is 19.5. The molecule has 1 aliphatic heterocycles. The van der Waals surface area contributed by atoms with Crippen LogP contribution in [-0.4, -0.2) is 6.10 Å². The Labute approximate surface area is 105 Å². The maximum atomic E-state index is 5.99. The van der Waals surface area contributed by atoms with Crippen LogP contribution in [0.5, 0.6) is 5.75 Å². The van der Waals surface area contributed by atoms with Gasteiger partial charge in [-0.15, -0.1) is 0 Å². The topological polar surface area (TPSA) is 9.23 Å². The van der Waals surface area contributed by atoms with Crippen LogP contribution >= 0.6 is 22.6 Å². The maximum Gasteiger partial charge on any atom is 0.122 e. The summed E-state index contributed by atoms with van der Waals surface area (Å²) < 4.78 is 7.29. The second-order valence-electron chi connectivity index (χ2n) is 4.17. The Morgan fingerprint density at radius 2 is 2.33 bits per heavy atom. The van der Waals surface area contributed by atoms with Gasteiger partial charge in [-0.3, -0.25) is 0 Å². The summed E-state index contributed by atoms with van der Waals surface area (Å²) in [4.78, 5) is 0. The molecule has 0 N–H and O–H groups in total. The SMILES string of the molecule is CCCCC1CCc2cc(I)ccc2O1. The number of ether oxygens (including phenoxy) is 1. The number of aryl methyl sites for hydroxylation is 1. The van der Waals surface area contributed by atoms with Crippen molar-refractivity contribution in [2.45, 2.75) is 45.1 Å². The largest absolute Gasteiger partial charge is 0.490 e. The summed E-state index contributed by atoms with van der Waals surface area (Å²) in [6.45, 7) is 2.24. The average molecular weight is 316 g/mol. The lowest BCUT2D eigenvalue weighted by molar-refractivity contribution is 0.161. The zero-order chi connectivity index (χ0) is 10.7. The van der Waals surface area contributed by atoms with E-state index in [1.807, 2.05) is 0 Å². The lowest BCUT2D eigenvalue weighted by Gasteiger charge is -2.26. The smallest absolute Gasteiger partial charge is 0.122 e. The molecule has 0 saturated carbocycles. The van der Waals surface area contributed by atoms with Gasteiger partial charge in [0, 0.05) is 3.57 Å². The Bertz CT molecular complexity index is 335. The van der Waals surface area contributed by atoms with E-state index < -0.39 is 0 Å². The lowest BCUT2D eigenvalue weighted by Crippen LogP contribution is -2.22. The molecule has 1 aromatic carbocycles. The van der Waals surface area contributed by atoms with Crippen molar-refractivity contribution in [3.63, 3.8) is 0 Å². The molecular weight excluding hydrogens is 299 g/mol. The first-order chi connectivity index (χ1) is 7.29. The number of halogens is 1. The summed E-state index contributed by atoms with van der Waals surface area (Å²) in [5, 5.41) is 0. The van der Waals surface area contributed by atoms with Crippen molar-refractivity contribution in [3.8, 4) is 5.75 Å². The van der Waals surface area contributed by atoms with Crippen molar-refractivity contribution in [2.75, 3.05) is 0 Å². The van der Waals surface area contributed by atoms with Crippen LogP contribution < -0.4 is 4.74 Å². The van der Waals surface area contributed by atoms with Gasteiger partial charge in [0.05, 0.1) is 6.10 Å². The van der Waals surface area contributed by atoms with Crippen molar-refractivity contribution < 1.29 is 4.74 Å². The minimum Gasteiger partial charge on any atom is -0.490 e. The van der Waals surface area contributed by atoms with Crippen molar-refractivity contribution in [1.82, 2.24) is 0 Å². The van der Waals surface area contributed by atoms with Gasteiger partial charge < -0.3 is 4.74 Å². The van der Waals surface area contributed by atoms with Crippen LogP contribution in [0.3, 0.4) is 0 Å². The summed E-state index contributed by atoms with van der Waals surface area (Å²) in [6, 6.07) is 6.49. The van der Waals surface area contributed by atoms with Gasteiger partial charge in [0.15, 0.2) is 0 Å². The van der Waals surface area contributed by atoms with Gasteiger partial charge in [-0.1, -0.05) is 19.8 Å². The van der Waals surface area contributed by atoms with Crippen LogP contribution in [0.15, 0.2) is 18.2 Å². The first-order valence-corrected chi connectivity index (χ1v) is 6.82. The van der Waals surface area contributed by atoms with Crippen LogP contribution in [0.25, 0.3) is 0 Å². The van der Waals surface area contributed by atoms with E-state index >= 15 is 0 Å². The van der Waals surface area contributed by atoms with Gasteiger partial charge in [-0.2, -0.15) is 0 Å².